The highest BCUT2D eigenvalue weighted by Crippen LogP contribution is 2.35. The van der Waals surface area contributed by atoms with Gasteiger partial charge in [0.05, 0.1) is 21.5 Å². The molecule has 5 nitrogen and oxygen atoms in total. The minimum atomic E-state index is -0.465. The second kappa shape index (κ2) is 7.61. The fourth-order valence-electron chi connectivity index (χ4n) is 2.35. The number of nitrogens with zero attached hydrogens (tertiary/aromatic N) is 3. The van der Waals surface area contributed by atoms with Crippen molar-refractivity contribution in [3.05, 3.63) is 39.6 Å². The first kappa shape index (κ1) is 18.0. The predicted molar refractivity (Wildman–Crippen MR) is 98.5 cm³/mol. The second-order valence-corrected chi connectivity index (χ2v) is 7.59. The number of nitriles is 1. The van der Waals surface area contributed by atoms with Crippen LogP contribution in [0.15, 0.2) is 23.2 Å². The van der Waals surface area contributed by atoms with Crippen molar-refractivity contribution in [1.29, 1.82) is 5.26 Å². The van der Waals surface area contributed by atoms with Crippen molar-refractivity contribution in [2.24, 2.45) is 11.7 Å². The van der Waals surface area contributed by atoms with Crippen molar-refractivity contribution in [3.63, 3.8) is 0 Å². The smallest absolute Gasteiger partial charge is 0.227 e. The van der Waals surface area contributed by atoms with Gasteiger partial charge in [-0.05, 0) is 30.9 Å². The summed E-state index contributed by atoms with van der Waals surface area (Å²) < 4.78 is 0. The topological polar surface area (TPSA) is 92.7 Å². The number of rotatable bonds is 6. The van der Waals surface area contributed by atoms with Crippen molar-refractivity contribution in [2.75, 3.05) is 5.75 Å². The molecule has 3 rings (SSSR count). The summed E-state index contributed by atoms with van der Waals surface area (Å²) in [6, 6.07) is 7.25. The van der Waals surface area contributed by atoms with E-state index in [1.807, 2.05) is 0 Å². The summed E-state index contributed by atoms with van der Waals surface area (Å²) in [5.41, 5.74) is 6.72. The average molecular weight is 393 g/mol. The van der Waals surface area contributed by atoms with Gasteiger partial charge in [0, 0.05) is 12.0 Å². The number of thioether (sulfide) groups is 1. The highest BCUT2D eigenvalue weighted by molar-refractivity contribution is 8.00. The van der Waals surface area contributed by atoms with Crippen LogP contribution in [0.1, 0.15) is 24.2 Å². The lowest BCUT2D eigenvalue weighted by molar-refractivity contribution is -0.115. The third kappa shape index (κ3) is 4.43. The van der Waals surface area contributed by atoms with Gasteiger partial charge >= 0.3 is 0 Å². The summed E-state index contributed by atoms with van der Waals surface area (Å²) in [5, 5.41) is 10.9. The fraction of sp³-hybridized carbons (Fsp3) is 0.294. The van der Waals surface area contributed by atoms with Crippen LogP contribution in [-0.2, 0) is 11.2 Å². The zero-order valence-corrected chi connectivity index (χ0v) is 15.5. The molecule has 2 N–H and O–H groups in total. The summed E-state index contributed by atoms with van der Waals surface area (Å²) in [6.07, 6.45) is 3.08. The van der Waals surface area contributed by atoms with Crippen molar-refractivity contribution in [1.82, 2.24) is 9.97 Å². The summed E-state index contributed by atoms with van der Waals surface area (Å²) in [7, 11) is 0. The van der Waals surface area contributed by atoms with E-state index in [0.29, 0.717) is 43.6 Å². The predicted octanol–water partition coefficient (Wildman–Crippen LogP) is 3.85. The van der Waals surface area contributed by atoms with Gasteiger partial charge in [0.25, 0.3) is 0 Å². The SMILES string of the molecule is N#Cc1c(SCC(N)=O)nc(CC2CC2)nc1-c1ccc(Cl)c(Cl)c1. The normalized spacial score (nSPS) is 13.5. The molecule has 0 aliphatic heterocycles. The maximum absolute atomic E-state index is 11.1. The van der Waals surface area contributed by atoms with Crippen LogP contribution in [0, 0.1) is 17.2 Å². The van der Waals surface area contributed by atoms with E-state index in [-0.39, 0.29) is 5.75 Å². The van der Waals surface area contributed by atoms with Gasteiger partial charge in [-0.2, -0.15) is 5.26 Å². The highest BCUT2D eigenvalue weighted by atomic mass is 35.5. The molecule has 2 aromatic rings. The lowest BCUT2D eigenvalue weighted by Crippen LogP contribution is -2.14. The first-order valence-electron chi connectivity index (χ1n) is 7.65. The number of hydrogen-bond donors (Lipinski definition) is 1. The van der Waals surface area contributed by atoms with Crippen LogP contribution in [0.25, 0.3) is 11.3 Å². The van der Waals surface area contributed by atoms with Crippen LogP contribution >= 0.6 is 35.0 Å². The van der Waals surface area contributed by atoms with E-state index in [1.165, 1.54) is 0 Å². The van der Waals surface area contributed by atoms with Crippen LogP contribution in [0.4, 0.5) is 0 Å². The lowest BCUT2D eigenvalue weighted by Gasteiger charge is -2.11. The molecule has 1 aliphatic carbocycles. The molecule has 1 fully saturated rings. The Morgan fingerprint density at radius 2 is 2.08 bits per heavy atom. The molecule has 0 spiro atoms. The van der Waals surface area contributed by atoms with Gasteiger partial charge in [0.15, 0.2) is 0 Å². The molecule has 0 unspecified atom stereocenters. The number of benzene rings is 1. The lowest BCUT2D eigenvalue weighted by atomic mass is 10.1. The third-order valence-corrected chi connectivity index (χ3v) is 5.48. The van der Waals surface area contributed by atoms with Crippen LogP contribution in [0.3, 0.4) is 0 Å². The number of nitrogens with two attached hydrogens (primary N) is 1. The first-order chi connectivity index (χ1) is 12.0. The molecule has 1 aliphatic rings. The van der Waals surface area contributed by atoms with Crippen LogP contribution in [0.2, 0.25) is 10.0 Å². The molecule has 1 aromatic carbocycles. The number of carbonyl (C=O) groups is 1. The molecule has 1 heterocycles. The second-order valence-electron chi connectivity index (χ2n) is 5.81. The van der Waals surface area contributed by atoms with Crippen LogP contribution in [-0.4, -0.2) is 21.6 Å². The Bertz CT molecular complexity index is 878. The van der Waals surface area contributed by atoms with E-state index >= 15 is 0 Å². The van der Waals surface area contributed by atoms with Crippen LogP contribution in [0.5, 0.6) is 0 Å². The molecule has 128 valence electrons. The van der Waals surface area contributed by atoms with Gasteiger partial charge < -0.3 is 5.73 Å². The number of halogens is 2. The van der Waals surface area contributed by atoms with Crippen molar-refractivity contribution in [3.8, 4) is 17.3 Å². The number of amides is 1. The largest absolute Gasteiger partial charge is 0.369 e. The van der Waals surface area contributed by atoms with E-state index in [4.69, 9.17) is 28.9 Å². The van der Waals surface area contributed by atoms with Gasteiger partial charge in [-0.1, -0.05) is 41.0 Å². The quantitative estimate of drug-likeness (QED) is 0.594. The van der Waals surface area contributed by atoms with Crippen molar-refractivity contribution >= 4 is 40.9 Å². The zero-order valence-electron chi connectivity index (χ0n) is 13.1. The molecule has 1 aromatic heterocycles. The summed E-state index contributed by atoms with van der Waals surface area (Å²) in [4.78, 5) is 20.2. The molecule has 8 heteroatoms. The Labute approximate surface area is 159 Å². The van der Waals surface area contributed by atoms with Crippen molar-refractivity contribution in [2.45, 2.75) is 24.3 Å². The van der Waals surface area contributed by atoms with E-state index in [2.05, 4.69) is 16.0 Å². The number of carbonyl (C=O) groups excluding carboxylic acids is 1. The number of aromatic nitrogens is 2. The Morgan fingerprint density at radius 1 is 1.32 bits per heavy atom. The fourth-order valence-corrected chi connectivity index (χ4v) is 3.39. The standard InChI is InChI=1S/C17H14Cl2N4OS/c18-12-4-3-10(6-13(12)19)16-11(7-20)17(25-8-14(21)24)23-15(22-16)5-9-1-2-9/h3-4,6,9H,1-2,5,8H2,(H2,21,24). The number of hydrogen-bond acceptors (Lipinski definition) is 5. The molecule has 0 atom stereocenters. The Hall–Kier alpha value is -1.81. The average Bonchev–Trinajstić information content (AvgIpc) is 3.39. The van der Waals surface area contributed by atoms with E-state index in [1.54, 1.807) is 18.2 Å². The Kier molecular flexibility index (Phi) is 5.48. The van der Waals surface area contributed by atoms with Gasteiger partial charge in [-0.25, -0.2) is 9.97 Å². The molecule has 25 heavy (non-hydrogen) atoms. The van der Waals surface area contributed by atoms with Crippen molar-refractivity contribution < 1.29 is 4.79 Å². The maximum atomic E-state index is 11.1. The summed E-state index contributed by atoms with van der Waals surface area (Å²) in [5.74, 6) is 0.834. The first-order valence-corrected chi connectivity index (χ1v) is 9.39. The monoisotopic (exact) mass is 392 g/mol. The molecule has 0 saturated heterocycles. The van der Waals surface area contributed by atoms with Gasteiger partial charge in [-0.3, -0.25) is 4.79 Å². The van der Waals surface area contributed by atoms with E-state index in [9.17, 15) is 10.1 Å². The molecule has 1 amide bonds. The molecule has 1 saturated carbocycles. The van der Waals surface area contributed by atoms with Crippen LogP contribution < -0.4 is 5.73 Å². The summed E-state index contributed by atoms with van der Waals surface area (Å²) in [6.45, 7) is 0. The molecular weight excluding hydrogens is 379 g/mol. The molecule has 0 radical (unpaired) electrons. The number of primary amides is 1. The molecular formula is C17H14Cl2N4OS. The minimum absolute atomic E-state index is 0.0510. The van der Waals surface area contributed by atoms with Gasteiger partial charge in [0.1, 0.15) is 22.5 Å². The minimum Gasteiger partial charge on any atom is -0.369 e. The van der Waals surface area contributed by atoms with Gasteiger partial charge in [-0.15, -0.1) is 0 Å². The third-order valence-electron chi connectivity index (χ3n) is 3.75. The van der Waals surface area contributed by atoms with Gasteiger partial charge in [0.2, 0.25) is 5.91 Å². The van der Waals surface area contributed by atoms with E-state index < -0.39 is 5.91 Å². The maximum Gasteiger partial charge on any atom is 0.227 e. The summed E-state index contributed by atoms with van der Waals surface area (Å²) >= 11 is 13.2. The Balaban J connectivity index is 2.09. The zero-order chi connectivity index (χ0) is 18.0. The Morgan fingerprint density at radius 3 is 2.68 bits per heavy atom. The highest BCUT2D eigenvalue weighted by Gasteiger charge is 2.25. The molecule has 0 bridgehead atoms. The van der Waals surface area contributed by atoms with E-state index in [0.717, 1.165) is 31.0 Å².